The average molecular weight is 935 g/mol. The van der Waals surface area contributed by atoms with Crippen LogP contribution in [0, 0.1) is 27.7 Å². The minimum Gasteiger partial charge on any atom is -0.462 e. The molecule has 0 N–H and O–H groups in total. The van der Waals surface area contributed by atoms with Gasteiger partial charge in [-0.2, -0.15) is 0 Å². The van der Waals surface area contributed by atoms with Crippen molar-refractivity contribution < 1.29 is 19.1 Å². The summed E-state index contributed by atoms with van der Waals surface area (Å²) in [5.41, 5.74) is 4.77. The summed E-state index contributed by atoms with van der Waals surface area (Å²) >= 11 is 0. The Morgan fingerprint density at radius 3 is 0.721 bits per heavy atom. The Balaban J connectivity index is 1.61. The fourth-order valence-electron chi connectivity index (χ4n) is 9.14. The van der Waals surface area contributed by atoms with Gasteiger partial charge >= 0.3 is 11.9 Å². The van der Waals surface area contributed by atoms with Crippen LogP contribution in [0.2, 0.25) is 0 Å². The van der Waals surface area contributed by atoms with Crippen molar-refractivity contribution in [1.82, 2.24) is 19.9 Å². The lowest BCUT2D eigenvalue weighted by Crippen LogP contribution is -2.12. The Kier molecular flexibility index (Phi) is 32.2. The molecule has 0 aliphatic rings. The van der Waals surface area contributed by atoms with Gasteiger partial charge in [-0.15, -0.1) is 0 Å². The smallest absolute Gasteiger partial charge is 0.341 e. The molecule has 3 aromatic rings. The molecule has 0 aliphatic carbocycles. The van der Waals surface area contributed by atoms with E-state index in [-0.39, 0.29) is 0 Å². The van der Waals surface area contributed by atoms with E-state index in [1.807, 2.05) is 76.2 Å². The molecular formula is C60H94N4O4. The summed E-state index contributed by atoms with van der Waals surface area (Å²) in [5.74, 6) is -0.893. The highest BCUT2D eigenvalue weighted by atomic mass is 16.5. The number of rotatable bonds is 36. The lowest BCUT2D eigenvalue weighted by Gasteiger charge is -2.09. The van der Waals surface area contributed by atoms with E-state index < -0.39 is 11.9 Å². The number of para-hydroxylation sites is 4. The second-order valence-electron chi connectivity index (χ2n) is 19.4. The minimum atomic E-state index is -0.447. The number of esters is 2. The molecule has 0 saturated heterocycles. The number of ether oxygens (including phenoxy) is 2. The molecule has 0 fully saturated rings. The number of carbonyl (C=O) groups excluding carboxylic acids is 2. The van der Waals surface area contributed by atoms with E-state index in [2.05, 4.69) is 13.8 Å². The van der Waals surface area contributed by atoms with Gasteiger partial charge in [0.1, 0.15) is 11.1 Å². The van der Waals surface area contributed by atoms with Crippen LogP contribution in [0.25, 0.3) is 22.1 Å². The van der Waals surface area contributed by atoms with Crippen molar-refractivity contribution in [2.45, 2.75) is 247 Å². The number of benzene rings is 2. The van der Waals surface area contributed by atoms with Crippen molar-refractivity contribution >= 4 is 34.0 Å². The van der Waals surface area contributed by atoms with Crippen LogP contribution in [0.5, 0.6) is 0 Å². The molecule has 378 valence electrons. The van der Waals surface area contributed by atoms with Gasteiger partial charge in [-0.25, -0.2) is 9.59 Å². The highest BCUT2D eigenvalue weighted by Crippen LogP contribution is 2.19. The summed E-state index contributed by atoms with van der Waals surface area (Å²) in [4.78, 5) is 47.6. The Bertz CT molecular complexity index is 1770. The summed E-state index contributed by atoms with van der Waals surface area (Å²) in [6.07, 6.45) is 41.2. The first-order valence-corrected chi connectivity index (χ1v) is 27.8. The van der Waals surface area contributed by atoms with Gasteiger partial charge in [0.05, 0.1) is 58.1 Å². The van der Waals surface area contributed by atoms with Crippen LogP contribution in [0.3, 0.4) is 0 Å². The molecule has 0 spiro atoms. The first-order chi connectivity index (χ1) is 33.3. The van der Waals surface area contributed by atoms with Crippen molar-refractivity contribution in [1.29, 1.82) is 0 Å². The Morgan fingerprint density at radius 2 is 0.515 bits per heavy atom. The third-order valence-electron chi connectivity index (χ3n) is 13.2. The van der Waals surface area contributed by atoms with E-state index >= 15 is 0 Å². The second kappa shape index (κ2) is 37.7. The van der Waals surface area contributed by atoms with Gasteiger partial charge in [-0.3, -0.25) is 19.9 Å². The number of hydrogen-bond acceptors (Lipinski definition) is 8. The third kappa shape index (κ3) is 24.9. The van der Waals surface area contributed by atoms with Crippen molar-refractivity contribution in [3.05, 3.63) is 82.4 Å². The van der Waals surface area contributed by atoms with E-state index in [0.717, 1.165) is 38.5 Å². The predicted octanol–water partition coefficient (Wildman–Crippen LogP) is 17.9. The molecule has 0 aliphatic heterocycles. The van der Waals surface area contributed by atoms with E-state index in [1.165, 1.54) is 167 Å². The number of nitrogens with zero attached hydrogens (tertiary/aromatic N) is 4. The van der Waals surface area contributed by atoms with Crippen LogP contribution in [0.15, 0.2) is 48.5 Å². The molecule has 68 heavy (non-hydrogen) atoms. The second-order valence-corrected chi connectivity index (χ2v) is 19.4. The third-order valence-corrected chi connectivity index (χ3v) is 13.2. The molecule has 0 bridgehead atoms. The molecule has 0 saturated carbocycles. The maximum atomic E-state index is 13.9. The van der Waals surface area contributed by atoms with Crippen LogP contribution in [-0.2, 0) is 9.47 Å². The Hall–Kier alpha value is -4.20. The quantitative estimate of drug-likeness (QED) is 0.0419. The van der Waals surface area contributed by atoms with Gasteiger partial charge < -0.3 is 9.47 Å². The molecule has 0 atom stereocenters. The maximum Gasteiger partial charge on any atom is 0.341 e. The summed E-state index contributed by atoms with van der Waals surface area (Å²) in [6, 6.07) is 15.0. The molecule has 0 radical (unpaired) electrons. The van der Waals surface area contributed by atoms with Crippen LogP contribution in [0.1, 0.15) is 263 Å². The van der Waals surface area contributed by atoms with Crippen LogP contribution >= 0.6 is 0 Å². The zero-order valence-corrected chi connectivity index (χ0v) is 44.1. The highest BCUT2D eigenvalue weighted by Gasteiger charge is 2.17. The summed E-state index contributed by atoms with van der Waals surface area (Å²) in [5, 5.41) is 0. The lowest BCUT2D eigenvalue weighted by atomic mass is 10.0. The number of aromatic nitrogens is 4. The molecule has 1 heterocycles. The minimum absolute atomic E-state index is 0.314. The molecule has 2 aromatic carbocycles. The first-order valence-electron chi connectivity index (χ1n) is 27.8. The largest absolute Gasteiger partial charge is 0.462 e. The van der Waals surface area contributed by atoms with Gasteiger partial charge in [0, 0.05) is 0 Å². The van der Waals surface area contributed by atoms with E-state index in [0.29, 0.717) is 69.2 Å². The molecule has 0 amide bonds. The highest BCUT2D eigenvalue weighted by molar-refractivity contribution is 5.93. The van der Waals surface area contributed by atoms with E-state index in [4.69, 9.17) is 29.4 Å². The van der Waals surface area contributed by atoms with Crippen molar-refractivity contribution in [2.24, 2.45) is 0 Å². The topological polar surface area (TPSA) is 104 Å². The number of hydrogen-bond donors (Lipinski definition) is 0. The van der Waals surface area contributed by atoms with Crippen molar-refractivity contribution in [3.63, 3.8) is 0 Å². The number of aryl methyl sites for hydroxylation is 4. The van der Waals surface area contributed by atoms with Crippen molar-refractivity contribution in [3.8, 4) is 0 Å². The van der Waals surface area contributed by atoms with Gasteiger partial charge in [0.2, 0.25) is 0 Å². The summed E-state index contributed by atoms with van der Waals surface area (Å²) in [6.45, 7) is 12.5. The molecular weight excluding hydrogens is 841 g/mol. The van der Waals surface area contributed by atoms with E-state index in [9.17, 15) is 9.59 Å². The fourth-order valence-corrected chi connectivity index (χ4v) is 9.14. The summed E-state index contributed by atoms with van der Waals surface area (Å²) in [7, 11) is 0. The predicted molar refractivity (Wildman–Crippen MR) is 286 cm³/mol. The monoisotopic (exact) mass is 935 g/mol. The molecule has 0 unspecified atom stereocenters. The lowest BCUT2D eigenvalue weighted by molar-refractivity contribution is 0.0485. The van der Waals surface area contributed by atoms with Gasteiger partial charge in [0.25, 0.3) is 0 Å². The SMILES string of the molecule is CCCCCCCCCCCCCCCCCCOC(=O)c1c(C)nc2ccccc2nc(C)c(C(=O)OCCCCCCCCCCCCCCCCCC)c(C)nc2ccccc2nc1C. The summed E-state index contributed by atoms with van der Waals surface area (Å²) < 4.78 is 11.8. The van der Waals surface area contributed by atoms with Crippen LogP contribution in [0.4, 0.5) is 0 Å². The number of fused-ring (bicyclic) bond motifs is 2. The standard InChI is InChI=1S/C60H94N4O4/c1-7-9-11-13-15-17-19-21-23-25-27-29-31-33-35-41-47-67-59(65)57-49(3)61-53-43-37-39-45-55(53)63-51(5)58(52(6)64-56-46-40-38-44-54(56)62-50(57)4)60(66)68-48-42-36-34-32-30-28-26-24-22-20-18-16-14-12-10-8-2/h37-40,43-46H,7-36,41-42,47-48H2,1-6H3. The van der Waals surface area contributed by atoms with Crippen LogP contribution in [-0.4, -0.2) is 45.1 Å². The maximum absolute atomic E-state index is 13.9. The Labute approximate surface area is 414 Å². The van der Waals surface area contributed by atoms with E-state index in [1.54, 1.807) is 0 Å². The normalized spacial score (nSPS) is 11.1. The zero-order valence-electron chi connectivity index (χ0n) is 44.1. The molecule has 3 rings (SSSR count). The number of unbranched alkanes of at least 4 members (excludes halogenated alkanes) is 30. The van der Waals surface area contributed by atoms with Crippen molar-refractivity contribution in [2.75, 3.05) is 13.2 Å². The van der Waals surface area contributed by atoms with Gasteiger partial charge in [0.15, 0.2) is 0 Å². The number of carbonyl (C=O) groups is 2. The Morgan fingerprint density at radius 1 is 0.324 bits per heavy atom. The van der Waals surface area contributed by atoms with Gasteiger partial charge in [-0.1, -0.05) is 231 Å². The average Bonchev–Trinajstić information content (AvgIpc) is 3.32. The van der Waals surface area contributed by atoms with Crippen LogP contribution < -0.4 is 0 Å². The van der Waals surface area contributed by atoms with Gasteiger partial charge in [-0.05, 0) is 64.8 Å². The molecule has 8 nitrogen and oxygen atoms in total. The molecule has 8 heteroatoms. The molecule has 1 aromatic heterocycles. The zero-order chi connectivity index (χ0) is 48.9. The fraction of sp³-hybridized carbons (Fsp3) is 0.667. The first kappa shape index (κ1) is 58.1.